The Morgan fingerprint density at radius 3 is 2.50 bits per heavy atom. The maximum Gasteiger partial charge on any atom is 0.119 e. The van der Waals surface area contributed by atoms with Gasteiger partial charge in [-0.3, -0.25) is 0 Å². The van der Waals surface area contributed by atoms with Gasteiger partial charge < -0.3 is 10.5 Å². The fraction of sp³-hybridized carbons (Fsp3) is 0.100. The number of methoxy groups -OCH3 is 1. The number of hydrogen-bond acceptors (Lipinski definition) is 3. The minimum atomic E-state index is 0.654. The number of nitrogens with zero attached hydrogens (tertiary/aromatic N) is 2. The molecule has 0 amide bonds. The van der Waals surface area contributed by atoms with Crippen molar-refractivity contribution in [1.82, 2.24) is 9.78 Å². The lowest BCUT2D eigenvalue weighted by atomic mass is 10.3. The molecule has 1 heterocycles. The molecule has 1 aromatic carbocycles. The van der Waals surface area contributed by atoms with Crippen LogP contribution in [-0.4, -0.2) is 16.9 Å². The summed E-state index contributed by atoms with van der Waals surface area (Å²) in [5.41, 5.74) is 7.18. The average Bonchev–Trinajstić information content (AvgIpc) is 2.65. The normalized spacial score (nSPS) is 10.1. The third-order valence-electron chi connectivity index (χ3n) is 1.94. The third kappa shape index (κ3) is 1.54. The summed E-state index contributed by atoms with van der Waals surface area (Å²) in [4.78, 5) is 0. The molecule has 72 valence electrons. The van der Waals surface area contributed by atoms with Gasteiger partial charge in [0.05, 0.1) is 30.9 Å². The van der Waals surface area contributed by atoms with Gasteiger partial charge in [-0.05, 0) is 24.3 Å². The van der Waals surface area contributed by atoms with Crippen molar-refractivity contribution in [2.75, 3.05) is 12.8 Å². The molecule has 0 fully saturated rings. The largest absolute Gasteiger partial charge is 0.497 e. The van der Waals surface area contributed by atoms with E-state index in [1.807, 2.05) is 24.3 Å². The van der Waals surface area contributed by atoms with Gasteiger partial charge >= 0.3 is 0 Å². The van der Waals surface area contributed by atoms with Gasteiger partial charge in [0.1, 0.15) is 5.75 Å². The fourth-order valence-electron chi connectivity index (χ4n) is 1.21. The predicted molar refractivity (Wildman–Crippen MR) is 54.5 cm³/mol. The zero-order chi connectivity index (χ0) is 9.97. The molecular formula is C10H11N3O. The number of rotatable bonds is 2. The molecule has 0 unspecified atom stereocenters. The number of aromatic nitrogens is 2. The van der Waals surface area contributed by atoms with Crippen LogP contribution in [0.2, 0.25) is 0 Å². The Kier molecular flexibility index (Phi) is 2.10. The molecule has 2 rings (SSSR count). The number of nitrogen functional groups attached to an aromatic ring is 1. The first-order valence-corrected chi connectivity index (χ1v) is 4.24. The van der Waals surface area contributed by atoms with E-state index in [0.29, 0.717) is 5.69 Å². The van der Waals surface area contributed by atoms with Crippen molar-refractivity contribution in [3.8, 4) is 11.4 Å². The van der Waals surface area contributed by atoms with Crippen molar-refractivity contribution in [3.05, 3.63) is 36.7 Å². The second-order valence-corrected chi connectivity index (χ2v) is 2.92. The Morgan fingerprint density at radius 1 is 1.29 bits per heavy atom. The molecule has 0 spiro atoms. The van der Waals surface area contributed by atoms with Crippen LogP contribution in [0.25, 0.3) is 5.69 Å². The molecule has 2 aromatic rings. The lowest BCUT2D eigenvalue weighted by Crippen LogP contribution is -1.93. The molecule has 0 aliphatic rings. The van der Waals surface area contributed by atoms with Crippen molar-refractivity contribution < 1.29 is 4.74 Å². The molecule has 14 heavy (non-hydrogen) atoms. The van der Waals surface area contributed by atoms with Gasteiger partial charge in [0, 0.05) is 0 Å². The van der Waals surface area contributed by atoms with Gasteiger partial charge in [0.15, 0.2) is 0 Å². The molecule has 0 saturated carbocycles. The van der Waals surface area contributed by atoms with Crippen LogP contribution in [0.15, 0.2) is 36.7 Å². The second-order valence-electron chi connectivity index (χ2n) is 2.92. The Balaban J connectivity index is 2.33. The van der Waals surface area contributed by atoms with Crippen molar-refractivity contribution in [2.24, 2.45) is 0 Å². The van der Waals surface area contributed by atoms with Crippen LogP contribution < -0.4 is 10.5 Å². The van der Waals surface area contributed by atoms with Crippen molar-refractivity contribution in [1.29, 1.82) is 0 Å². The van der Waals surface area contributed by atoms with Crippen LogP contribution in [-0.2, 0) is 0 Å². The lowest BCUT2D eigenvalue weighted by Gasteiger charge is -2.02. The van der Waals surface area contributed by atoms with Gasteiger partial charge in [0.2, 0.25) is 0 Å². The first-order chi connectivity index (χ1) is 6.79. The van der Waals surface area contributed by atoms with Gasteiger partial charge in [0.25, 0.3) is 0 Å². The number of nitrogens with two attached hydrogens (primary N) is 1. The maximum atomic E-state index is 5.56. The number of benzene rings is 1. The molecule has 2 N–H and O–H groups in total. The van der Waals surface area contributed by atoms with E-state index >= 15 is 0 Å². The zero-order valence-electron chi connectivity index (χ0n) is 7.84. The van der Waals surface area contributed by atoms with Gasteiger partial charge in [-0.15, -0.1) is 0 Å². The highest BCUT2D eigenvalue weighted by atomic mass is 16.5. The van der Waals surface area contributed by atoms with Crippen LogP contribution in [0.1, 0.15) is 0 Å². The minimum absolute atomic E-state index is 0.654. The molecule has 0 aliphatic heterocycles. The van der Waals surface area contributed by atoms with Crippen molar-refractivity contribution >= 4 is 5.69 Å². The van der Waals surface area contributed by atoms with Crippen LogP contribution in [0.3, 0.4) is 0 Å². The van der Waals surface area contributed by atoms with E-state index in [1.54, 1.807) is 24.2 Å². The molecule has 1 aromatic heterocycles. The van der Waals surface area contributed by atoms with Crippen LogP contribution in [0.4, 0.5) is 5.69 Å². The predicted octanol–water partition coefficient (Wildman–Crippen LogP) is 1.46. The number of ether oxygens (including phenoxy) is 1. The fourth-order valence-corrected chi connectivity index (χ4v) is 1.21. The van der Waals surface area contributed by atoms with Crippen LogP contribution in [0, 0.1) is 0 Å². The minimum Gasteiger partial charge on any atom is -0.497 e. The summed E-state index contributed by atoms with van der Waals surface area (Å²) < 4.78 is 6.77. The number of hydrogen-bond donors (Lipinski definition) is 1. The van der Waals surface area contributed by atoms with Crippen LogP contribution >= 0.6 is 0 Å². The maximum absolute atomic E-state index is 5.56. The van der Waals surface area contributed by atoms with Gasteiger partial charge in [-0.25, -0.2) is 4.68 Å². The molecule has 4 heteroatoms. The standard InChI is InChI=1S/C10H11N3O/c1-14-10-4-2-9(3-5-10)13-7-8(11)6-12-13/h2-7H,11H2,1H3. The topological polar surface area (TPSA) is 53.1 Å². The molecule has 0 saturated heterocycles. The van der Waals surface area contributed by atoms with Crippen LogP contribution in [0.5, 0.6) is 5.75 Å². The number of anilines is 1. The van der Waals surface area contributed by atoms with Crippen molar-refractivity contribution in [2.45, 2.75) is 0 Å². The highest BCUT2D eigenvalue weighted by Gasteiger charge is 1.98. The third-order valence-corrected chi connectivity index (χ3v) is 1.94. The second kappa shape index (κ2) is 3.41. The SMILES string of the molecule is COc1ccc(-n2cc(N)cn2)cc1. The zero-order valence-corrected chi connectivity index (χ0v) is 7.84. The Morgan fingerprint density at radius 2 is 2.00 bits per heavy atom. The van der Waals surface area contributed by atoms with E-state index < -0.39 is 0 Å². The molecule has 4 nitrogen and oxygen atoms in total. The lowest BCUT2D eigenvalue weighted by molar-refractivity contribution is 0.414. The van der Waals surface area contributed by atoms with Crippen molar-refractivity contribution in [3.63, 3.8) is 0 Å². The average molecular weight is 189 g/mol. The van der Waals surface area contributed by atoms with Gasteiger partial charge in [-0.2, -0.15) is 5.10 Å². The highest BCUT2D eigenvalue weighted by molar-refractivity contribution is 5.40. The summed E-state index contributed by atoms with van der Waals surface area (Å²) in [7, 11) is 1.64. The van der Waals surface area contributed by atoms with E-state index in [0.717, 1.165) is 11.4 Å². The Labute approximate surface area is 81.9 Å². The monoisotopic (exact) mass is 189 g/mol. The molecular weight excluding hydrogens is 178 g/mol. The first-order valence-electron chi connectivity index (χ1n) is 4.24. The summed E-state index contributed by atoms with van der Waals surface area (Å²) in [6.07, 6.45) is 3.38. The molecule has 0 atom stereocenters. The molecule has 0 bridgehead atoms. The quantitative estimate of drug-likeness (QED) is 0.778. The van der Waals surface area contributed by atoms with E-state index in [-0.39, 0.29) is 0 Å². The van der Waals surface area contributed by atoms with E-state index in [1.165, 1.54) is 0 Å². The summed E-state index contributed by atoms with van der Waals surface area (Å²) in [5.74, 6) is 0.828. The van der Waals surface area contributed by atoms with E-state index in [2.05, 4.69) is 5.10 Å². The Hall–Kier alpha value is -1.97. The summed E-state index contributed by atoms with van der Waals surface area (Å²) >= 11 is 0. The smallest absolute Gasteiger partial charge is 0.119 e. The highest BCUT2D eigenvalue weighted by Crippen LogP contribution is 2.14. The Bertz CT molecular complexity index is 419. The first kappa shape index (κ1) is 8.62. The molecule has 0 radical (unpaired) electrons. The van der Waals surface area contributed by atoms with Gasteiger partial charge in [-0.1, -0.05) is 0 Å². The summed E-state index contributed by atoms with van der Waals surface area (Å²) in [5, 5.41) is 4.09. The summed E-state index contributed by atoms with van der Waals surface area (Å²) in [6, 6.07) is 7.61. The molecule has 0 aliphatic carbocycles. The summed E-state index contributed by atoms with van der Waals surface area (Å²) in [6.45, 7) is 0. The van der Waals surface area contributed by atoms with E-state index in [4.69, 9.17) is 10.5 Å². The van der Waals surface area contributed by atoms with E-state index in [9.17, 15) is 0 Å².